The second-order valence-corrected chi connectivity index (χ2v) is 9.13. The molecule has 0 aliphatic heterocycles. The molecule has 0 amide bonds. The van der Waals surface area contributed by atoms with Crippen LogP contribution in [0.15, 0.2) is 24.3 Å². The standard InChI is InChI=1S/C16H25NO2.C10H20O2/c1-17(2)12-14-7-4-5-10-16(14,18)13-8-6-9-15(11-13)19-3;1-2-3-4-5-6-7-8-9-10(11)12/h6,8-9,11,14,18H,4-5,7,10,12H2,1-3H3;2-9H2,1H3,(H,11,12)/t14-,16+;/m1./s1. The van der Waals surface area contributed by atoms with Gasteiger partial charge in [0, 0.05) is 18.9 Å². The summed E-state index contributed by atoms with van der Waals surface area (Å²) in [6.07, 6.45) is 12.9. The molecule has 1 aromatic rings. The van der Waals surface area contributed by atoms with Gasteiger partial charge >= 0.3 is 5.97 Å². The average molecular weight is 436 g/mol. The molecule has 1 aliphatic carbocycles. The van der Waals surface area contributed by atoms with Crippen LogP contribution >= 0.6 is 0 Å². The van der Waals surface area contributed by atoms with Gasteiger partial charge < -0.3 is 19.8 Å². The number of hydrogen-bond donors (Lipinski definition) is 2. The predicted molar refractivity (Wildman–Crippen MR) is 128 cm³/mol. The van der Waals surface area contributed by atoms with E-state index in [-0.39, 0.29) is 0 Å². The quantitative estimate of drug-likeness (QED) is 0.403. The topological polar surface area (TPSA) is 70.0 Å². The summed E-state index contributed by atoms with van der Waals surface area (Å²) in [7, 11) is 5.81. The Hall–Kier alpha value is -1.59. The zero-order valence-corrected chi connectivity index (χ0v) is 20.2. The zero-order chi connectivity index (χ0) is 23.1. The van der Waals surface area contributed by atoms with Crippen molar-refractivity contribution in [2.75, 3.05) is 27.7 Å². The Labute approximate surface area is 189 Å². The van der Waals surface area contributed by atoms with Crippen LogP contribution in [0, 0.1) is 5.92 Å². The minimum Gasteiger partial charge on any atom is -0.497 e. The second-order valence-electron chi connectivity index (χ2n) is 9.13. The lowest BCUT2D eigenvalue weighted by Gasteiger charge is -2.41. The van der Waals surface area contributed by atoms with Crippen molar-refractivity contribution in [3.63, 3.8) is 0 Å². The number of carboxylic acids is 1. The van der Waals surface area contributed by atoms with Crippen LogP contribution in [0.4, 0.5) is 0 Å². The molecule has 2 atom stereocenters. The normalized spacial score (nSPS) is 20.8. The van der Waals surface area contributed by atoms with Crippen molar-refractivity contribution in [3.8, 4) is 5.75 Å². The molecule has 1 aliphatic rings. The third kappa shape index (κ3) is 10.5. The highest BCUT2D eigenvalue weighted by Gasteiger charge is 2.40. The first-order valence-electron chi connectivity index (χ1n) is 12.1. The van der Waals surface area contributed by atoms with Crippen molar-refractivity contribution in [2.45, 2.75) is 89.6 Å². The van der Waals surface area contributed by atoms with Crippen molar-refractivity contribution >= 4 is 5.97 Å². The minimum atomic E-state index is -0.711. The third-order valence-electron chi connectivity index (χ3n) is 6.19. The Morgan fingerprint density at radius 1 is 1.13 bits per heavy atom. The lowest BCUT2D eigenvalue weighted by Crippen LogP contribution is -2.43. The van der Waals surface area contributed by atoms with Crippen LogP contribution in [0.2, 0.25) is 0 Å². The number of carbonyl (C=O) groups is 1. The monoisotopic (exact) mass is 435 g/mol. The molecule has 31 heavy (non-hydrogen) atoms. The smallest absolute Gasteiger partial charge is 0.303 e. The van der Waals surface area contributed by atoms with E-state index in [9.17, 15) is 9.90 Å². The van der Waals surface area contributed by atoms with E-state index >= 15 is 0 Å². The fourth-order valence-electron chi connectivity index (χ4n) is 4.42. The van der Waals surface area contributed by atoms with Gasteiger partial charge in [-0.15, -0.1) is 0 Å². The Bertz CT molecular complexity index is 619. The second kappa shape index (κ2) is 15.3. The van der Waals surface area contributed by atoms with Gasteiger partial charge in [-0.25, -0.2) is 0 Å². The summed E-state index contributed by atoms with van der Waals surface area (Å²) in [6, 6.07) is 7.90. The summed E-state index contributed by atoms with van der Waals surface area (Å²) in [6.45, 7) is 3.12. The van der Waals surface area contributed by atoms with E-state index in [0.29, 0.717) is 12.3 Å². The summed E-state index contributed by atoms with van der Waals surface area (Å²) in [5.41, 5.74) is 0.287. The summed E-state index contributed by atoms with van der Waals surface area (Å²) >= 11 is 0. The van der Waals surface area contributed by atoms with Gasteiger partial charge in [-0.1, -0.05) is 70.4 Å². The number of nitrogens with zero attached hydrogens (tertiary/aromatic N) is 1. The Morgan fingerprint density at radius 2 is 1.81 bits per heavy atom. The molecule has 0 aromatic heterocycles. The summed E-state index contributed by atoms with van der Waals surface area (Å²) < 4.78 is 5.29. The third-order valence-corrected chi connectivity index (χ3v) is 6.19. The lowest BCUT2D eigenvalue weighted by atomic mass is 9.71. The summed E-state index contributed by atoms with van der Waals surface area (Å²) in [5.74, 6) is 0.451. The number of aliphatic carboxylic acids is 1. The molecule has 1 saturated carbocycles. The van der Waals surface area contributed by atoms with E-state index in [1.807, 2.05) is 24.3 Å². The molecule has 0 saturated heterocycles. The SMILES string of the molecule is CCCCCCCCCC(=O)O.COc1cccc([C@@]2(O)CCCC[C@@H]2CN(C)C)c1. The number of benzene rings is 1. The molecule has 5 heteroatoms. The molecule has 0 heterocycles. The van der Waals surface area contributed by atoms with E-state index in [1.54, 1.807) is 7.11 Å². The molecular formula is C26H45NO4. The summed E-state index contributed by atoms with van der Waals surface area (Å²) in [4.78, 5) is 12.3. The molecule has 2 rings (SSSR count). The number of unbranched alkanes of at least 4 members (excludes halogenated alkanes) is 6. The highest BCUT2D eigenvalue weighted by Crippen LogP contribution is 2.42. The highest BCUT2D eigenvalue weighted by atomic mass is 16.5. The van der Waals surface area contributed by atoms with Crippen molar-refractivity contribution < 1.29 is 19.7 Å². The molecule has 178 valence electrons. The van der Waals surface area contributed by atoms with Gasteiger partial charge in [0.2, 0.25) is 0 Å². The van der Waals surface area contributed by atoms with Crippen molar-refractivity contribution in [1.82, 2.24) is 4.90 Å². The van der Waals surface area contributed by atoms with Crippen LogP contribution in [-0.2, 0) is 10.4 Å². The summed E-state index contributed by atoms with van der Waals surface area (Å²) in [5, 5.41) is 19.5. The van der Waals surface area contributed by atoms with E-state index in [1.165, 1.54) is 38.5 Å². The Kier molecular flexibility index (Phi) is 13.5. The van der Waals surface area contributed by atoms with Crippen LogP contribution in [0.25, 0.3) is 0 Å². The number of rotatable bonds is 12. The van der Waals surface area contributed by atoms with Gasteiger partial charge in [0.15, 0.2) is 0 Å². The maximum absolute atomic E-state index is 11.2. The first-order chi connectivity index (χ1) is 14.8. The van der Waals surface area contributed by atoms with E-state index in [2.05, 4.69) is 25.9 Å². The van der Waals surface area contributed by atoms with Crippen LogP contribution in [-0.4, -0.2) is 48.8 Å². The number of ether oxygens (including phenoxy) is 1. The number of methoxy groups -OCH3 is 1. The van der Waals surface area contributed by atoms with Crippen LogP contribution in [0.1, 0.15) is 89.5 Å². The van der Waals surface area contributed by atoms with Crippen LogP contribution in [0.5, 0.6) is 5.75 Å². The number of aliphatic hydroxyl groups is 1. The van der Waals surface area contributed by atoms with Gasteiger partial charge in [-0.2, -0.15) is 0 Å². The molecule has 5 nitrogen and oxygen atoms in total. The molecule has 0 radical (unpaired) electrons. The largest absolute Gasteiger partial charge is 0.497 e. The molecule has 0 spiro atoms. The molecule has 1 fully saturated rings. The first-order valence-corrected chi connectivity index (χ1v) is 12.1. The first kappa shape index (κ1) is 27.4. The van der Waals surface area contributed by atoms with Crippen molar-refractivity contribution in [2.24, 2.45) is 5.92 Å². The van der Waals surface area contributed by atoms with Gasteiger partial charge in [-0.05, 0) is 51.1 Å². The fourth-order valence-corrected chi connectivity index (χ4v) is 4.42. The van der Waals surface area contributed by atoms with E-state index in [4.69, 9.17) is 9.84 Å². The van der Waals surface area contributed by atoms with Crippen molar-refractivity contribution in [1.29, 1.82) is 0 Å². The fraction of sp³-hybridized carbons (Fsp3) is 0.731. The minimum absolute atomic E-state index is 0.295. The molecule has 1 aromatic carbocycles. The van der Waals surface area contributed by atoms with Crippen LogP contribution in [0.3, 0.4) is 0 Å². The van der Waals surface area contributed by atoms with Gasteiger partial charge in [-0.3, -0.25) is 4.79 Å². The molecule has 0 unspecified atom stereocenters. The maximum Gasteiger partial charge on any atom is 0.303 e. The van der Waals surface area contributed by atoms with Gasteiger partial charge in [0.1, 0.15) is 5.75 Å². The predicted octanol–water partition coefficient (Wildman–Crippen LogP) is 5.85. The molecule has 2 N–H and O–H groups in total. The average Bonchev–Trinajstić information content (AvgIpc) is 2.75. The van der Waals surface area contributed by atoms with Crippen molar-refractivity contribution in [3.05, 3.63) is 29.8 Å². The Balaban J connectivity index is 0.000000348. The maximum atomic E-state index is 11.2. The van der Waals surface area contributed by atoms with E-state index in [0.717, 1.165) is 50.0 Å². The Morgan fingerprint density at radius 3 is 2.42 bits per heavy atom. The molecular weight excluding hydrogens is 390 g/mol. The molecule has 0 bridgehead atoms. The zero-order valence-electron chi connectivity index (χ0n) is 20.2. The number of carboxylic acid groups (broad SMARTS) is 1. The highest BCUT2D eigenvalue weighted by molar-refractivity contribution is 5.66. The van der Waals surface area contributed by atoms with Gasteiger partial charge in [0.05, 0.1) is 12.7 Å². The lowest BCUT2D eigenvalue weighted by molar-refractivity contribution is -0.137. The van der Waals surface area contributed by atoms with E-state index < -0.39 is 11.6 Å². The number of hydrogen-bond acceptors (Lipinski definition) is 4. The van der Waals surface area contributed by atoms with Crippen LogP contribution < -0.4 is 4.74 Å². The van der Waals surface area contributed by atoms with Gasteiger partial charge in [0.25, 0.3) is 0 Å².